The molecule has 2 aromatic rings. The Hall–Kier alpha value is -1.69. The van der Waals surface area contributed by atoms with E-state index in [0.717, 1.165) is 35.6 Å². The Kier molecular flexibility index (Phi) is 4.05. The average Bonchev–Trinajstić information content (AvgIpc) is 3.06. The van der Waals surface area contributed by atoms with Gasteiger partial charge < -0.3 is 9.47 Å². The van der Waals surface area contributed by atoms with Crippen molar-refractivity contribution >= 4 is 22.8 Å². The van der Waals surface area contributed by atoms with Crippen molar-refractivity contribution in [3.05, 3.63) is 34.6 Å². The van der Waals surface area contributed by atoms with Gasteiger partial charge in [-0.05, 0) is 31.4 Å². The van der Waals surface area contributed by atoms with Crippen LogP contribution < -0.4 is 4.90 Å². The molecule has 6 heteroatoms. The fourth-order valence-electron chi connectivity index (χ4n) is 2.70. The third kappa shape index (κ3) is 3.15. The van der Waals surface area contributed by atoms with Crippen LogP contribution in [0, 0.1) is 6.92 Å². The van der Waals surface area contributed by atoms with Crippen molar-refractivity contribution < 1.29 is 9.18 Å². The SMILES string of the molecule is Cc1cc(C=O)n(Cc2csc(N3CCCC(F)C3)n2)c1. The van der Waals surface area contributed by atoms with Crippen LogP contribution >= 0.6 is 11.3 Å². The van der Waals surface area contributed by atoms with E-state index in [9.17, 15) is 9.18 Å². The first-order valence-electron chi connectivity index (χ1n) is 7.11. The highest BCUT2D eigenvalue weighted by Crippen LogP contribution is 2.25. The van der Waals surface area contributed by atoms with Crippen molar-refractivity contribution in [1.29, 1.82) is 0 Å². The molecule has 1 atom stereocenters. The Morgan fingerprint density at radius 1 is 1.57 bits per heavy atom. The van der Waals surface area contributed by atoms with E-state index >= 15 is 0 Å². The van der Waals surface area contributed by atoms with Crippen LogP contribution in [0.4, 0.5) is 9.52 Å². The number of nitrogens with zero attached hydrogens (tertiary/aromatic N) is 3. The zero-order valence-corrected chi connectivity index (χ0v) is 12.8. The van der Waals surface area contributed by atoms with Crippen LogP contribution in [-0.2, 0) is 6.54 Å². The zero-order valence-electron chi connectivity index (χ0n) is 12.0. The van der Waals surface area contributed by atoms with E-state index in [2.05, 4.69) is 4.98 Å². The maximum absolute atomic E-state index is 13.5. The van der Waals surface area contributed by atoms with Crippen molar-refractivity contribution in [3.8, 4) is 0 Å². The Morgan fingerprint density at radius 3 is 3.19 bits per heavy atom. The fraction of sp³-hybridized carbons (Fsp3) is 0.467. The van der Waals surface area contributed by atoms with Gasteiger partial charge in [0, 0.05) is 18.1 Å². The summed E-state index contributed by atoms with van der Waals surface area (Å²) in [6.45, 7) is 3.85. The van der Waals surface area contributed by atoms with Gasteiger partial charge in [0.15, 0.2) is 11.4 Å². The molecule has 0 radical (unpaired) electrons. The highest BCUT2D eigenvalue weighted by atomic mass is 32.1. The molecule has 1 aliphatic rings. The van der Waals surface area contributed by atoms with Crippen LogP contribution in [0.3, 0.4) is 0 Å². The molecule has 1 unspecified atom stereocenters. The summed E-state index contributed by atoms with van der Waals surface area (Å²) >= 11 is 1.54. The number of aldehydes is 1. The summed E-state index contributed by atoms with van der Waals surface area (Å²) < 4.78 is 15.4. The number of hydrogen-bond acceptors (Lipinski definition) is 4. The molecule has 1 aliphatic heterocycles. The lowest BCUT2D eigenvalue weighted by molar-refractivity contribution is 0.111. The van der Waals surface area contributed by atoms with Gasteiger partial charge in [-0.2, -0.15) is 0 Å². The van der Waals surface area contributed by atoms with E-state index in [4.69, 9.17) is 0 Å². The van der Waals surface area contributed by atoms with Gasteiger partial charge in [-0.1, -0.05) is 0 Å². The Balaban J connectivity index is 1.74. The summed E-state index contributed by atoms with van der Waals surface area (Å²) in [4.78, 5) is 17.6. The molecular weight excluding hydrogens is 289 g/mol. The van der Waals surface area contributed by atoms with Crippen LogP contribution in [0.2, 0.25) is 0 Å². The third-order valence-corrected chi connectivity index (χ3v) is 4.64. The van der Waals surface area contributed by atoms with Crippen molar-refractivity contribution in [2.45, 2.75) is 32.5 Å². The van der Waals surface area contributed by atoms with E-state index < -0.39 is 6.17 Å². The molecule has 3 heterocycles. The van der Waals surface area contributed by atoms with Gasteiger partial charge in [-0.25, -0.2) is 9.37 Å². The number of aryl methyl sites for hydroxylation is 1. The van der Waals surface area contributed by atoms with Crippen LogP contribution in [0.15, 0.2) is 17.6 Å². The van der Waals surface area contributed by atoms with Crippen LogP contribution in [0.1, 0.15) is 34.6 Å². The monoisotopic (exact) mass is 307 g/mol. The predicted molar refractivity (Wildman–Crippen MR) is 82.1 cm³/mol. The molecule has 4 nitrogen and oxygen atoms in total. The van der Waals surface area contributed by atoms with Gasteiger partial charge in [-0.15, -0.1) is 11.3 Å². The van der Waals surface area contributed by atoms with Gasteiger partial charge >= 0.3 is 0 Å². The molecule has 1 saturated heterocycles. The summed E-state index contributed by atoms with van der Waals surface area (Å²) in [5.41, 5.74) is 2.63. The summed E-state index contributed by atoms with van der Waals surface area (Å²) in [5.74, 6) is 0. The quantitative estimate of drug-likeness (QED) is 0.815. The highest BCUT2D eigenvalue weighted by molar-refractivity contribution is 7.13. The number of piperidine rings is 1. The molecule has 3 rings (SSSR count). The molecule has 0 aromatic carbocycles. The second kappa shape index (κ2) is 5.97. The number of hydrogen-bond donors (Lipinski definition) is 0. The van der Waals surface area contributed by atoms with E-state index in [-0.39, 0.29) is 0 Å². The number of alkyl halides is 1. The van der Waals surface area contributed by atoms with Crippen molar-refractivity contribution in [2.24, 2.45) is 0 Å². The molecule has 0 aliphatic carbocycles. The van der Waals surface area contributed by atoms with Gasteiger partial charge in [-0.3, -0.25) is 4.79 Å². The third-order valence-electron chi connectivity index (χ3n) is 3.69. The van der Waals surface area contributed by atoms with Crippen molar-refractivity contribution in [3.63, 3.8) is 0 Å². The van der Waals surface area contributed by atoms with Crippen LogP contribution in [-0.4, -0.2) is 35.1 Å². The number of anilines is 1. The summed E-state index contributed by atoms with van der Waals surface area (Å²) in [6.07, 6.45) is 3.59. The largest absolute Gasteiger partial charge is 0.345 e. The second-order valence-electron chi connectivity index (χ2n) is 5.50. The first kappa shape index (κ1) is 14.3. The lowest BCUT2D eigenvalue weighted by Crippen LogP contribution is -2.36. The molecule has 0 N–H and O–H groups in total. The number of carbonyl (C=O) groups excluding carboxylic acids is 1. The number of thiazole rings is 1. The standard InChI is InChI=1S/C15H18FN3OS/c1-11-5-14(9-20)19(6-11)8-13-10-21-15(17-13)18-4-2-3-12(16)7-18/h5-6,9-10,12H,2-4,7-8H2,1H3. The normalized spacial score (nSPS) is 19.0. The van der Waals surface area contributed by atoms with Crippen LogP contribution in [0.5, 0.6) is 0 Å². The van der Waals surface area contributed by atoms with E-state index in [1.807, 2.05) is 34.0 Å². The molecule has 0 amide bonds. The first-order valence-corrected chi connectivity index (χ1v) is 7.99. The maximum atomic E-state index is 13.5. The number of aromatic nitrogens is 2. The number of rotatable bonds is 4. The summed E-state index contributed by atoms with van der Waals surface area (Å²) in [7, 11) is 0. The van der Waals surface area contributed by atoms with Crippen molar-refractivity contribution in [2.75, 3.05) is 18.0 Å². The molecule has 1 fully saturated rings. The van der Waals surface area contributed by atoms with Gasteiger partial charge in [0.2, 0.25) is 0 Å². The topological polar surface area (TPSA) is 38.1 Å². The number of halogens is 1. The molecule has 21 heavy (non-hydrogen) atoms. The Bertz CT molecular complexity index is 637. The summed E-state index contributed by atoms with van der Waals surface area (Å²) in [6, 6.07) is 1.86. The molecule has 112 valence electrons. The van der Waals surface area contributed by atoms with Gasteiger partial charge in [0.25, 0.3) is 0 Å². The van der Waals surface area contributed by atoms with Crippen LogP contribution in [0.25, 0.3) is 0 Å². The predicted octanol–water partition coefficient (Wildman–Crippen LogP) is 3.05. The molecular formula is C15H18FN3OS. The lowest BCUT2D eigenvalue weighted by Gasteiger charge is -2.28. The molecule has 0 spiro atoms. The van der Waals surface area contributed by atoms with Gasteiger partial charge in [0.05, 0.1) is 24.5 Å². The maximum Gasteiger partial charge on any atom is 0.185 e. The minimum Gasteiger partial charge on any atom is -0.345 e. The first-order chi connectivity index (χ1) is 10.2. The fourth-order valence-corrected chi connectivity index (χ4v) is 3.55. The van der Waals surface area contributed by atoms with E-state index in [1.54, 1.807) is 11.3 Å². The lowest BCUT2D eigenvalue weighted by atomic mass is 10.1. The minimum atomic E-state index is -0.750. The molecule has 2 aromatic heterocycles. The highest BCUT2D eigenvalue weighted by Gasteiger charge is 2.21. The number of carbonyl (C=O) groups is 1. The molecule has 0 saturated carbocycles. The average molecular weight is 307 g/mol. The van der Waals surface area contributed by atoms with Gasteiger partial charge in [0.1, 0.15) is 6.17 Å². The smallest absolute Gasteiger partial charge is 0.185 e. The van der Waals surface area contributed by atoms with E-state index in [0.29, 0.717) is 25.2 Å². The minimum absolute atomic E-state index is 0.440. The zero-order chi connectivity index (χ0) is 14.8. The second-order valence-corrected chi connectivity index (χ2v) is 6.33. The Morgan fingerprint density at radius 2 is 2.43 bits per heavy atom. The van der Waals surface area contributed by atoms with E-state index in [1.165, 1.54) is 0 Å². The Labute approximate surface area is 127 Å². The molecule has 0 bridgehead atoms. The summed E-state index contributed by atoms with van der Waals surface area (Å²) in [5, 5.41) is 2.87. The van der Waals surface area contributed by atoms with Crippen molar-refractivity contribution in [1.82, 2.24) is 9.55 Å².